The largest absolute Gasteiger partial charge is 0.480 e. The Morgan fingerprint density at radius 3 is 2.73 bits per heavy atom. The average molecular weight is 601 g/mol. The molecule has 3 heterocycles. The molecular formula is C29H36N4O6S2. The molecule has 12 heteroatoms. The van der Waals surface area contributed by atoms with Crippen molar-refractivity contribution in [1.82, 2.24) is 14.6 Å². The molecule has 4 N–H and O–H groups in total. The monoisotopic (exact) mass is 600 g/mol. The quantitative estimate of drug-likeness (QED) is 0.293. The number of nitrogens with one attached hydrogen (secondary N) is 2. The molecule has 0 bridgehead atoms. The van der Waals surface area contributed by atoms with Gasteiger partial charge >= 0.3 is 5.97 Å². The molecule has 0 spiro atoms. The molecule has 220 valence electrons. The van der Waals surface area contributed by atoms with Crippen LogP contribution in [0.25, 0.3) is 10.2 Å². The first kappa shape index (κ1) is 29.4. The number of thiazole rings is 1. The first-order valence-corrected chi connectivity index (χ1v) is 16.1. The van der Waals surface area contributed by atoms with Gasteiger partial charge in [0.15, 0.2) is 0 Å². The number of aliphatic carboxylic acids is 1. The maximum atomic E-state index is 14.0. The number of benzene rings is 2. The number of para-hydroxylation sites is 2. The van der Waals surface area contributed by atoms with E-state index in [9.17, 15) is 28.2 Å². The smallest absolute Gasteiger partial charge is 0.326 e. The highest BCUT2D eigenvalue weighted by Gasteiger charge is 2.40. The number of carbonyl (C=O) groups is 2. The summed E-state index contributed by atoms with van der Waals surface area (Å²) in [6.45, 7) is 4.92. The van der Waals surface area contributed by atoms with Crippen molar-refractivity contribution in [3.63, 3.8) is 0 Å². The van der Waals surface area contributed by atoms with E-state index in [4.69, 9.17) is 0 Å². The second kappa shape index (κ2) is 11.7. The Bertz CT molecular complexity index is 1520. The van der Waals surface area contributed by atoms with Gasteiger partial charge in [0.2, 0.25) is 15.9 Å². The maximum absolute atomic E-state index is 14.0. The average Bonchev–Trinajstić information content (AvgIpc) is 3.34. The van der Waals surface area contributed by atoms with E-state index in [2.05, 4.69) is 28.9 Å². The van der Waals surface area contributed by atoms with Crippen LogP contribution < -0.4 is 10.0 Å². The molecule has 1 fully saturated rings. The predicted octanol–water partition coefficient (Wildman–Crippen LogP) is 3.25. The molecule has 5 rings (SSSR count). The minimum absolute atomic E-state index is 0.0181. The van der Waals surface area contributed by atoms with Crippen molar-refractivity contribution >= 4 is 49.1 Å². The summed E-state index contributed by atoms with van der Waals surface area (Å²) >= 11 is 1.38. The third kappa shape index (κ3) is 6.40. The van der Waals surface area contributed by atoms with Crippen LogP contribution in [-0.2, 0) is 32.5 Å². The van der Waals surface area contributed by atoms with E-state index in [-0.39, 0.29) is 42.2 Å². The van der Waals surface area contributed by atoms with Crippen molar-refractivity contribution in [1.29, 1.82) is 0 Å². The number of carboxylic acids is 1. The molecule has 2 aromatic carbocycles. The third-order valence-corrected chi connectivity index (χ3v) is 10.5. The fourth-order valence-electron chi connectivity index (χ4n) is 5.85. The van der Waals surface area contributed by atoms with Crippen LogP contribution in [0.15, 0.2) is 47.4 Å². The number of aliphatic hydroxyl groups excluding tert-OH is 1. The minimum Gasteiger partial charge on any atom is -0.480 e. The number of sulfonamides is 1. The van der Waals surface area contributed by atoms with E-state index in [1.165, 1.54) is 22.3 Å². The molecule has 0 radical (unpaired) electrons. The van der Waals surface area contributed by atoms with Crippen LogP contribution in [0.5, 0.6) is 0 Å². The third-order valence-electron chi connectivity index (χ3n) is 7.94. The van der Waals surface area contributed by atoms with Gasteiger partial charge in [-0.25, -0.2) is 18.2 Å². The second-order valence-electron chi connectivity index (χ2n) is 11.7. The Hall–Kier alpha value is -3.06. The number of fused-ring (bicyclic) bond motifs is 2. The molecule has 2 aliphatic heterocycles. The van der Waals surface area contributed by atoms with Crippen molar-refractivity contribution in [2.24, 2.45) is 11.3 Å². The Kier molecular flexibility index (Phi) is 8.38. The molecule has 0 saturated carbocycles. The van der Waals surface area contributed by atoms with Crippen LogP contribution in [0, 0.1) is 11.3 Å². The number of anilines is 1. The number of carbonyl (C=O) groups excluding carboxylic acids is 1. The summed E-state index contributed by atoms with van der Waals surface area (Å²) < 4.78 is 31.3. The normalized spacial score (nSPS) is 21.2. The van der Waals surface area contributed by atoms with Crippen molar-refractivity contribution in [3.05, 3.63) is 53.0 Å². The molecule has 1 amide bonds. The van der Waals surface area contributed by atoms with Gasteiger partial charge in [0.05, 0.1) is 20.9 Å². The molecule has 3 atom stereocenters. The Morgan fingerprint density at radius 1 is 1.22 bits per heavy atom. The summed E-state index contributed by atoms with van der Waals surface area (Å²) in [7, 11) is -4.19. The van der Waals surface area contributed by atoms with Crippen LogP contribution in [0.1, 0.15) is 43.7 Å². The van der Waals surface area contributed by atoms with Crippen molar-refractivity contribution in [3.8, 4) is 0 Å². The summed E-state index contributed by atoms with van der Waals surface area (Å²) in [6, 6.07) is 10.3. The highest BCUT2D eigenvalue weighted by molar-refractivity contribution is 7.89. The van der Waals surface area contributed by atoms with E-state index in [1.807, 2.05) is 30.3 Å². The number of rotatable bonds is 9. The summed E-state index contributed by atoms with van der Waals surface area (Å²) in [4.78, 5) is 32.2. The van der Waals surface area contributed by atoms with Gasteiger partial charge in [-0.3, -0.25) is 4.79 Å². The maximum Gasteiger partial charge on any atom is 0.326 e. The highest BCUT2D eigenvalue weighted by atomic mass is 32.2. The number of likely N-dealkylation sites (tertiary alicyclic amines) is 1. The van der Waals surface area contributed by atoms with Gasteiger partial charge in [-0.2, -0.15) is 4.72 Å². The predicted molar refractivity (Wildman–Crippen MR) is 157 cm³/mol. The minimum atomic E-state index is -4.19. The number of hydrogen-bond donors (Lipinski definition) is 4. The van der Waals surface area contributed by atoms with E-state index in [0.29, 0.717) is 36.5 Å². The van der Waals surface area contributed by atoms with E-state index in [0.717, 1.165) is 15.8 Å². The molecule has 2 aliphatic rings. The van der Waals surface area contributed by atoms with Crippen LogP contribution in [0.4, 0.5) is 5.69 Å². The van der Waals surface area contributed by atoms with Gasteiger partial charge < -0.3 is 20.4 Å². The number of aliphatic hydroxyl groups is 1. The zero-order valence-corrected chi connectivity index (χ0v) is 24.8. The number of amides is 1. The van der Waals surface area contributed by atoms with Crippen LogP contribution in [0.3, 0.4) is 0 Å². The van der Waals surface area contributed by atoms with Crippen LogP contribution in [-0.4, -0.2) is 72.2 Å². The Morgan fingerprint density at radius 2 is 2.00 bits per heavy atom. The fourth-order valence-corrected chi connectivity index (χ4v) is 8.28. The molecule has 41 heavy (non-hydrogen) atoms. The van der Waals surface area contributed by atoms with Gasteiger partial charge in [0.1, 0.15) is 17.0 Å². The zero-order valence-electron chi connectivity index (χ0n) is 23.2. The summed E-state index contributed by atoms with van der Waals surface area (Å²) in [5.74, 6) is -1.77. The van der Waals surface area contributed by atoms with Gasteiger partial charge in [0.25, 0.3) is 0 Å². The van der Waals surface area contributed by atoms with Gasteiger partial charge in [-0.05, 0) is 60.8 Å². The van der Waals surface area contributed by atoms with Gasteiger partial charge in [-0.15, -0.1) is 11.3 Å². The number of aromatic nitrogens is 1. The fraction of sp³-hybridized carbons (Fsp3) is 0.483. The summed E-state index contributed by atoms with van der Waals surface area (Å²) in [5, 5.41) is 23.2. The van der Waals surface area contributed by atoms with Gasteiger partial charge in [0, 0.05) is 26.1 Å². The van der Waals surface area contributed by atoms with Crippen molar-refractivity contribution in [2.75, 3.05) is 25.0 Å². The van der Waals surface area contributed by atoms with Crippen molar-refractivity contribution in [2.45, 2.75) is 62.9 Å². The van der Waals surface area contributed by atoms with E-state index in [1.54, 1.807) is 6.07 Å². The van der Waals surface area contributed by atoms with Gasteiger partial charge in [-0.1, -0.05) is 38.1 Å². The topological polar surface area (TPSA) is 149 Å². The second-order valence-corrected chi connectivity index (χ2v) is 14.5. The molecular weight excluding hydrogens is 564 g/mol. The molecule has 0 aliphatic carbocycles. The number of piperidine rings is 1. The lowest BCUT2D eigenvalue weighted by Gasteiger charge is -2.39. The van der Waals surface area contributed by atoms with E-state index < -0.39 is 34.0 Å². The van der Waals surface area contributed by atoms with Crippen molar-refractivity contribution < 1.29 is 28.2 Å². The summed E-state index contributed by atoms with van der Waals surface area (Å²) in [5.41, 5.74) is 2.12. The number of hydrogen-bond acceptors (Lipinski definition) is 8. The van der Waals surface area contributed by atoms with Crippen LogP contribution >= 0.6 is 11.3 Å². The van der Waals surface area contributed by atoms with Crippen LogP contribution in [0.2, 0.25) is 0 Å². The molecule has 1 saturated heterocycles. The lowest BCUT2D eigenvalue weighted by atomic mass is 9.82. The standard InChI is InChI=1S/C29H36N4O6S2/c1-29(2)16-19-6-5-9-24(26(19)30-17-29)41(38,39)32-21(15-25-31-20-7-3-4-8-23(20)40-25)27(35)33-12-10-18(11-13-34)14-22(33)28(36)37/h3-9,18,21-22,30,32,34H,10-17H2,1-2H3,(H,36,37)/t18-,21+,22+/m1/s1. The molecule has 3 aromatic rings. The zero-order chi connectivity index (χ0) is 29.4. The molecule has 1 aromatic heterocycles. The number of nitrogens with zero attached hydrogens (tertiary/aromatic N) is 2. The lowest BCUT2D eigenvalue weighted by molar-refractivity contribution is -0.154. The highest BCUT2D eigenvalue weighted by Crippen LogP contribution is 2.36. The number of carboxylic acid groups (broad SMARTS) is 1. The summed E-state index contributed by atoms with van der Waals surface area (Å²) in [6.07, 6.45) is 1.87. The first-order chi connectivity index (χ1) is 19.5. The Labute approximate surface area is 243 Å². The Balaban J connectivity index is 1.48. The lowest BCUT2D eigenvalue weighted by Crippen LogP contribution is -2.57. The first-order valence-electron chi connectivity index (χ1n) is 13.8. The molecule has 10 nitrogen and oxygen atoms in total. The SMILES string of the molecule is CC1(C)CNc2c(cccc2S(=O)(=O)N[C@@H](Cc2nc3ccccc3s2)C(=O)N2CC[C@H](CCO)C[C@H]2C(=O)O)C1. The van der Waals surface area contributed by atoms with E-state index >= 15 is 0 Å². The molecule has 0 unspecified atom stereocenters.